The first-order valence-electron chi connectivity index (χ1n) is 8.40. The number of aryl methyl sites for hydroxylation is 2. The third kappa shape index (κ3) is 4.57. The lowest BCUT2D eigenvalue weighted by Crippen LogP contribution is -2.13. The molecule has 0 aliphatic rings. The van der Waals surface area contributed by atoms with Crippen LogP contribution < -0.4 is 15.4 Å². The number of anilines is 3. The highest BCUT2D eigenvalue weighted by Gasteiger charge is 2.13. The molecule has 6 heteroatoms. The molecule has 0 unspecified atom stereocenters. The van der Waals surface area contributed by atoms with Crippen molar-refractivity contribution in [2.45, 2.75) is 13.8 Å². The molecule has 0 bridgehead atoms. The Bertz CT molecular complexity index is 972. The lowest BCUT2D eigenvalue weighted by atomic mass is 10.2. The lowest BCUT2D eigenvalue weighted by molar-refractivity contribution is 0.102. The maximum atomic E-state index is 12.7. The summed E-state index contributed by atoms with van der Waals surface area (Å²) < 4.78 is 5.30. The zero-order valence-electron chi connectivity index (χ0n) is 15.3. The molecule has 138 valence electrons. The number of methoxy groups -OCH3 is 1. The molecule has 3 aromatic rings. The molecule has 0 radical (unpaired) electrons. The summed E-state index contributed by atoms with van der Waals surface area (Å²) in [5, 5.41) is 6.68. The first kappa shape index (κ1) is 18.7. The van der Waals surface area contributed by atoms with Crippen LogP contribution in [0.3, 0.4) is 0 Å². The van der Waals surface area contributed by atoms with Crippen molar-refractivity contribution in [2.75, 3.05) is 17.7 Å². The predicted octanol–water partition coefficient (Wildman–Crippen LogP) is 5.36. The van der Waals surface area contributed by atoms with Crippen molar-refractivity contribution in [3.05, 3.63) is 76.6 Å². The maximum Gasteiger partial charge on any atom is 0.257 e. The van der Waals surface area contributed by atoms with Crippen molar-refractivity contribution >= 4 is 34.6 Å². The highest BCUT2D eigenvalue weighted by atomic mass is 35.5. The van der Waals surface area contributed by atoms with Crippen LogP contribution in [0.15, 0.2) is 54.9 Å². The number of nitrogens with zero attached hydrogens (tertiary/aromatic N) is 1. The van der Waals surface area contributed by atoms with E-state index in [-0.39, 0.29) is 5.91 Å². The van der Waals surface area contributed by atoms with Crippen molar-refractivity contribution in [1.29, 1.82) is 0 Å². The van der Waals surface area contributed by atoms with Crippen molar-refractivity contribution in [3.63, 3.8) is 0 Å². The first-order chi connectivity index (χ1) is 13.0. The van der Waals surface area contributed by atoms with E-state index in [1.807, 2.05) is 38.1 Å². The molecule has 0 aliphatic heterocycles. The Labute approximate surface area is 163 Å². The van der Waals surface area contributed by atoms with Crippen LogP contribution in [0.5, 0.6) is 5.75 Å². The van der Waals surface area contributed by atoms with E-state index in [9.17, 15) is 4.79 Å². The number of nitrogens with one attached hydrogen (secondary N) is 2. The summed E-state index contributed by atoms with van der Waals surface area (Å²) in [4.78, 5) is 16.8. The van der Waals surface area contributed by atoms with Crippen LogP contribution >= 0.6 is 11.6 Å². The second-order valence-electron chi connectivity index (χ2n) is 6.21. The van der Waals surface area contributed by atoms with Crippen molar-refractivity contribution in [2.24, 2.45) is 0 Å². The van der Waals surface area contributed by atoms with Gasteiger partial charge < -0.3 is 15.4 Å². The molecule has 0 aliphatic carbocycles. The van der Waals surface area contributed by atoms with Crippen molar-refractivity contribution in [1.82, 2.24) is 4.98 Å². The number of ether oxygens (including phenoxy) is 1. The summed E-state index contributed by atoms with van der Waals surface area (Å²) in [6.45, 7) is 3.90. The summed E-state index contributed by atoms with van der Waals surface area (Å²) >= 11 is 6.11. The van der Waals surface area contributed by atoms with Crippen LogP contribution in [0, 0.1) is 13.8 Å². The van der Waals surface area contributed by atoms with Gasteiger partial charge in [0.2, 0.25) is 0 Å². The van der Waals surface area contributed by atoms with Gasteiger partial charge in [0.25, 0.3) is 5.91 Å². The number of amides is 1. The number of hydrogen-bond acceptors (Lipinski definition) is 4. The molecule has 2 aromatic carbocycles. The lowest BCUT2D eigenvalue weighted by Gasteiger charge is -2.13. The predicted molar refractivity (Wildman–Crippen MR) is 109 cm³/mol. The average Bonchev–Trinajstić information content (AvgIpc) is 2.66. The van der Waals surface area contributed by atoms with Gasteiger partial charge in [-0.05, 0) is 43.7 Å². The molecule has 1 heterocycles. The standard InChI is InChI=1S/C21H20ClN3O2/c1-13-4-6-16(7-5-13)24-17-9-15(11-23-12-17)21(26)25-19-8-14(2)18(22)10-20(19)27-3/h4-12,24H,1-3H3,(H,25,26). The highest BCUT2D eigenvalue weighted by molar-refractivity contribution is 6.31. The summed E-state index contributed by atoms with van der Waals surface area (Å²) in [7, 11) is 1.53. The maximum absolute atomic E-state index is 12.7. The minimum atomic E-state index is -0.282. The summed E-state index contributed by atoms with van der Waals surface area (Å²) in [5.41, 5.74) is 4.67. The Kier molecular flexibility index (Phi) is 5.62. The quantitative estimate of drug-likeness (QED) is 0.624. The van der Waals surface area contributed by atoms with Crippen LogP contribution in [0.25, 0.3) is 0 Å². The molecule has 2 N–H and O–H groups in total. The second-order valence-corrected chi connectivity index (χ2v) is 6.62. The fourth-order valence-electron chi connectivity index (χ4n) is 2.56. The molecular weight excluding hydrogens is 362 g/mol. The van der Waals surface area contributed by atoms with E-state index < -0.39 is 0 Å². The van der Waals surface area contributed by atoms with Gasteiger partial charge >= 0.3 is 0 Å². The second kappa shape index (κ2) is 8.10. The third-order valence-electron chi connectivity index (χ3n) is 4.07. The Hall–Kier alpha value is -3.05. The summed E-state index contributed by atoms with van der Waals surface area (Å²) in [6, 6.07) is 13.2. The number of hydrogen-bond donors (Lipinski definition) is 2. The molecule has 0 atom stereocenters. The molecular formula is C21H20ClN3O2. The monoisotopic (exact) mass is 381 g/mol. The van der Waals surface area contributed by atoms with Crippen LogP contribution in [0.2, 0.25) is 5.02 Å². The highest BCUT2D eigenvalue weighted by Crippen LogP contribution is 2.31. The fourth-order valence-corrected chi connectivity index (χ4v) is 2.71. The number of carbonyl (C=O) groups is 1. The number of pyridine rings is 1. The number of carbonyl (C=O) groups excluding carboxylic acids is 1. The number of rotatable bonds is 5. The Morgan fingerprint density at radius 3 is 2.48 bits per heavy atom. The SMILES string of the molecule is COc1cc(Cl)c(C)cc1NC(=O)c1cncc(Nc2ccc(C)cc2)c1. The fraction of sp³-hybridized carbons (Fsp3) is 0.143. The van der Waals surface area contributed by atoms with Crippen LogP contribution in [-0.2, 0) is 0 Å². The van der Waals surface area contributed by atoms with Gasteiger partial charge in [0.15, 0.2) is 0 Å². The largest absolute Gasteiger partial charge is 0.495 e. The molecule has 0 saturated carbocycles. The zero-order chi connectivity index (χ0) is 19.4. The molecule has 27 heavy (non-hydrogen) atoms. The minimum Gasteiger partial charge on any atom is -0.495 e. The average molecular weight is 382 g/mol. The first-order valence-corrected chi connectivity index (χ1v) is 8.78. The van der Waals surface area contributed by atoms with Gasteiger partial charge in [-0.1, -0.05) is 29.3 Å². The molecule has 0 fully saturated rings. The van der Waals surface area contributed by atoms with Gasteiger partial charge in [-0.3, -0.25) is 9.78 Å². The zero-order valence-corrected chi connectivity index (χ0v) is 16.1. The van der Waals surface area contributed by atoms with Gasteiger partial charge in [0.05, 0.1) is 30.2 Å². The van der Waals surface area contributed by atoms with E-state index in [4.69, 9.17) is 16.3 Å². The van der Waals surface area contributed by atoms with E-state index in [0.717, 1.165) is 16.9 Å². The van der Waals surface area contributed by atoms with E-state index in [2.05, 4.69) is 15.6 Å². The van der Waals surface area contributed by atoms with Crippen molar-refractivity contribution < 1.29 is 9.53 Å². The number of halogens is 1. The van der Waals surface area contributed by atoms with Gasteiger partial charge in [0.1, 0.15) is 5.75 Å². The molecule has 3 rings (SSSR count). The van der Waals surface area contributed by atoms with Crippen LogP contribution in [0.1, 0.15) is 21.5 Å². The van der Waals surface area contributed by atoms with Gasteiger partial charge in [0, 0.05) is 23.0 Å². The third-order valence-corrected chi connectivity index (χ3v) is 4.48. The van der Waals surface area contributed by atoms with Crippen LogP contribution in [-0.4, -0.2) is 18.0 Å². The topological polar surface area (TPSA) is 63.2 Å². The molecule has 5 nitrogen and oxygen atoms in total. The normalized spacial score (nSPS) is 10.4. The van der Waals surface area contributed by atoms with E-state index in [0.29, 0.717) is 22.0 Å². The summed E-state index contributed by atoms with van der Waals surface area (Å²) in [5.74, 6) is 0.218. The Morgan fingerprint density at radius 2 is 1.78 bits per heavy atom. The Morgan fingerprint density at radius 1 is 1.04 bits per heavy atom. The van der Waals surface area contributed by atoms with Gasteiger partial charge in [-0.2, -0.15) is 0 Å². The van der Waals surface area contributed by atoms with Gasteiger partial charge in [-0.15, -0.1) is 0 Å². The van der Waals surface area contributed by atoms with Crippen molar-refractivity contribution in [3.8, 4) is 5.75 Å². The molecule has 0 saturated heterocycles. The Balaban J connectivity index is 1.79. The number of aromatic nitrogens is 1. The van der Waals surface area contributed by atoms with E-state index in [1.165, 1.54) is 18.9 Å². The van der Waals surface area contributed by atoms with Gasteiger partial charge in [-0.25, -0.2) is 0 Å². The van der Waals surface area contributed by atoms with E-state index in [1.54, 1.807) is 24.4 Å². The van der Waals surface area contributed by atoms with Crippen LogP contribution in [0.4, 0.5) is 17.1 Å². The number of benzene rings is 2. The van der Waals surface area contributed by atoms with E-state index >= 15 is 0 Å². The molecule has 1 aromatic heterocycles. The molecule has 0 spiro atoms. The smallest absolute Gasteiger partial charge is 0.257 e. The summed E-state index contributed by atoms with van der Waals surface area (Å²) in [6.07, 6.45) is 3.19. The minimum absolute atomic E-state index is 0.282. The molecule has 1 amide bonds.